The van der Waals surface area contributed by atoms with Crippen LogP contribution < -0.4 is 4.74 Å². The Hall–Kier alpha value is -3.68. The number of carbonyl (C=O) groups excluding carboxylic acids is 1. The predicted octanol–water partition coefficient (Wildman–Crippen LogP) is 3.12. The van der Waals surface area contributed by atoms with Gasteiger partial charge in [-0.15, -0.1) is 0 Å². The highest BCUT2D eigenvalue weighted by Gasteiger charge is 2.18. The summed E-state index contributed by atoms with van der Waals surface area (Å²) in [4.78, 5) is 19.1. The number of fused-ring (bicyclic) bond motifs is 1. The Morgan fingerprint density at radius 1 is 1.16 bits per heavy atom. The average molecular weight is 419 g/mol. The molecule has 0 spiro atoms. The second-order valence-corrected chi connectivity index (χ2v) is 7.66. The number of pyridine rings is 1. The molecule has 3 heterocycles. The van der Waals surface area contributed by atoms with E-state index < -0.39 is 0 Å². The van der Waals surface area contributed by atoms with E-state index >= 15 is 0 Å². The van der Waals surface area contributed by atoms with Crippen LogP contribution in [0.5, 0.6) is 5.75 Å². The standard InChI is InChI=1S/C23H26N6O2/c1-15-22-20(17-6-8-19(31-5)9-7-17)10-11-24-23(22)29(26-15)14-21(30)27(3)13-18-12-25-28(4)16(18)2/h6-12H,13-14H2,1-5H3. The highest BCUT2D eigenvalue weighted by molar-refractivity contribution is 5.95. The van der Waals surface area contributed by atoms with E-state index in [0.717, 1.165) is 39.2 Å². The van der Waals surface area contributed by atoms with Gasteiger partial charge >= 0.3 is 0 Å². The van der Waals surface area contributed by atoms with Gasteiger partial charge in [0.1, 0.15) is 12.3 Å². The van der Waals surface area contributed by atoms with E-state index in [1.807, 2.05) is 55.9 Å². The summed E-state index contributed by atoms with van der Waals surface area (Å²) in [7, 11) is 5.34. The molecule has 0 saturated heterocycles. The molecule has 0 atom stereocenters. The molecule has 4 rings (SSSR count). The van der Waals surface area contributed by atoms with Gasteiger partial charge in [0.25, 0.3) is 0 Å². The van der Waals surface area contributed by atoms with Gasteiger partial charge in [-0.1, -0.05) is 12.1 Å². The molecule has 3 aromatic heterocycles. The summed E-state index contributed by atoms with van der Waals surface area (Å²) >= 11 is 0. The van der Waals surface area contributed by atoms with E-state index in [2.05, 4.69) is 15.2 Å². The minimum atomic E-state index is -0.0377. The summed E-state index contributed by atoms with van der Waals surface area (Å²) in [5.74, 6) is 0.767. The van der Waals surface area contributed by atoms with Crippen LogP contribution in [0.3, 0.4) is 0 Å². The first kappa shape index (κ1) is 20.6. The van der Waals surface area contributed by atoms with Gasteiger partial charge in [0.05, 0.1) is 19.0 Å². The van der Waals surface area contributed by atoms with Crippen LogP contribution in [0, 0.1) is 13.8 Å². The minimum absolute atomic E-state index is 0.0377. The van der Waals surface area contributed by atoms with Gasteiger partial charge in [-0.3, -0.25) is 9.48 Å². The molecule has 160 valence electrons. The number of hydrogen-bond acceptors (Lipinski definition) is 5. The molecule has 0 aliphatic carbocycles. The number of nitrogens with zero attached hydrogens (tertiary/aromatic N) is 6. The number of ether oxygens (including phenoxy) is 1. The molecule has 0 radical (unpaired) electrons. The number of carbonyl (C=O) groups is 1. The maximum Gasteiger partial charge on any atom is 0.244 e. The Labute approximate surface area is 181 Å². The van der Waals surface area contributed by atoms with E-state index in [1.165, 1.54) is 0 Å². The summed E-state index contributed by atoms with van der Waals surface area (Å²) in [6, 6.07) is 9.86. The second-order valence-electron chi connectivity index (χ2n) is 7.66. The van der Waals surface area contributed by atoms with Crippen LogP contribution in [0.15, 0.2) is 42.7 Å². The number of amides is 1. The Bertz CT molecular complexity index is 1240. The van der Waals surface area contributed by atoms with Crippen LogP contribution in [-0.4, -0.2) is 49.5 Å². The van der Waals surface area contributed by atoms with Crippen LogP contribution in [0.2, 0.25) is 0 Å². The van der Waals surface area contributed by atoms with Gasteiger partial charge in [0.2, 0.25) is 5.91 Å². The molecule has 0 aliphatic heterocycles. The lowest BCUT2D eigenvalue weighted by Gasteiger charge is -2.17. The highest BCUT2D eigenvalue weighted by atomic mass is 16.5. The lowest BCUT2D eigenvalue weighted by Crippen LogP contribution is -2.30. The second kappa shape index (κ2) is 8.22. The van der Waals surface area contributed by atoms with Crippen molar-refractivity contribution in [3.8, 4) is 16.9 Å². The lowest BCUT2D eigenvalue weighted by atomic mass is 10.0. The zero-order valence-corrected chi connectivity index (χ0v) is 18.5. The summed E-state index contributed by atoms with van der Waals surface area (Å²) in [5.41, 5.74) is 5.69. The Morgan fingerprint density at radius 2 is 1.90 bits per heavy atom. The lowest BCUT2D eigenvalue weighted by molar-refractivity contribution is -0.131. The van der Waals surface area contributed by atoms with Crippen LogP contribution >= 0.6 is 0 Å². The fourth-order valence-corrected chi connectivity index (χ4v) is 3.69. The Kier molecular flexibility index (Phi) is 5.46. The van der Waals surface area contributed by atoms with Gasteiger partial charge in [-0.05, 0) is 43.2 Å². The maximum absolute atomic E-state index is 12.9. The zero-order valence-electron chi connectivity index (χ0n) is 18.5. The smallest absolute Gasteiger partial charge is 0.244 e. The van der Waals surface area contributed by atoms with Crippen molar-refractivity contribution in [3.63, 3.8) is 0 Å². The largest absolute Gasteiger partial charge is 0.497 e. The van der Waals surface area contributed by atoms with E-state index in [0.29, 0.717) is 12.2 Å². The maximum atomic E-state index is 12.9. The average Bonchev–Trinajstić information content (AvgIpc) is 3.27. The molecule has 8 heteroatoms. The molecule has 0 N–H and O–H groups in total. The van der Waals surface area contributed by atoms with Crippen LogP contribution in [0.25, 0.3) is 22.2 Å². The van der Waals surface area contributed by atoms with Gasteiger partial charge in [-0.2, -0.15) is 10.2 Å². The molecule has 0 fully saturated rings. The van der Waals surface area contributed by atoms with Crippen LogP contribution in [0.1, 0.15) is 17.0 Å². The van der Waals surface area contributed by atoms with Crippen molar-refractivity contribution in [2.75, 3.05) is 14.2 Å². The van der Waals surface area contributed by atoms with Crippen molar-refractivity contribution in [1.29, 1.82) is 0 Å². The van der Waals surface area contributed by atoms with Crippen molar-refractivity contribution in [2.45, 2.75) is 26.9 Å². The summed E-state index contributed by atoms with van der Waals surface area (Å²) in [6.07, 6.45) is 3.56. The van der Waals surface area contributed by atoms with Gasteiger partial charge < -0.3 is 9.64 Å². The Morgan fingerprint density at radius 3 is 2.55 bits per heavy atom. The molecule has 1 amide bonds. The van der Waals surface area contributed by atoms with Crippen molar-refractivity contribution in [1.82, 2.24) is 29.4 Å². The monoisotopic (exact) mass is 418 g/mol. The van der Waals surface area contributed by atoms with Crippen LogP contribution in [-0.2, 0) is 24.9 Å². The molecule has 4 aromatic rings. The molecule has 1 aromatic carbocycles. The topological polar surface area (TPSA) is 78.1 Å². The summed E-state index contributed by atoms with van der Waals surface area (Å²) < 4.78 is 8.76. The van der Waals surface area contributed by atoms with Crippen molar-refractivity contribution >= 4 is 16.9 Å². The molecule has 31 heavy (non-hydrogen) atoms. The van der Waals surface area contributed by atoms with Gasteiger partial charge in [0, 0.05) is 43.5 Å². The third kappa shape index (κ3) is 3.88. The summed E-state index contributed by atoms with van der Waals surface area (Å²) in [6.45, 7) is 4.57. The fraction of sp³-hybridized carbons (Fsp3) is 0.304. The fourth-order valence-electron chi connectivity index (χ4n) is 3.69. The highest BCUT2D eigenvalue weighted by Crippen LogP contribution is 2.31. The minimum Gasteiger partial charge on any atom is -0.497 e. The van der Waals surface area contributed by atoms with E-state index in [9.17, 15) is 4.79 Å². The van der Waals surface area contributed by atoms with Gasteiger partial charge in [0.15, 0.2) is 5.65 Å². The quantitative estimate of drug-likeness (QED) is 0.481. The number of hydrogen-bond donors (Lipinski definition) is 0. The number of likely N-dealkylation sites (N-methyl/N-ethyl adjacent to an activating group) is 1. The molecule has 0 unspecified atom stereocenters. The van der Waals surface area contributed by atoms with Crippen molar-refractivity contribution in [2.24, 2.45) is 7.05 Å². The number of rotatable bonds is 6. The SMILES string of the molecule is COc1ccc(-c2ccnc3c2c(C)nn3CC(=O)N(C)Cc2cnn(C)c2C)cc1. The van der Waals surface area contributed by atoms with E-state index in [4.69, 9.17) is 4.74 Å². The predicted molar refractivity (Wildman–Crippen MR) is 119 cm³/mol. The Balaban J connectivity index is 1.61. The number of aryl methyl sites for hydroxylation is 2. The zero-order chi connectivity index (χ0) is 22.1. The number of aromatic nitrogens is 5. The molecule has 0 saturated carbocycles. The first-order valence-corrected chi connectivity index (χ1v) is 10.1. The molecule has 0 bridgehead atoms. The van der Waals surface area contributed by atoms with Crippen molar-refractivity contribution < 1.29 is 9.53 Å². The molecule has 0 aliphatic rings. The molecular weight excluding hydrogens is 392 g/mol. The first-order valence-electron chi connectivity index (χ1n) is 10.1. The third-order valence-corrected chi connectivity index (χ3v) is 5.66. The normalized spacial score (nSPS) is 11.1. The molecular formula is C23H26N6O2. The molecule has 8 nitrogen and oxygen atoms in total. The van der Waals surface area contributed by atoms with Crippen LogP contribution in [0.4, 0.5) is 0 Å². The number of methoxy groups -OCH3 is 1. The third-order valence-electron chi connectivity index (χ3n) is 5.66. The summed E-state index contributed by atoms with van der Waals surface area (Å²) in [5, 5.41) is 9.83. The van der Waals surface area contributed by atoms with E-state index in [-0.39, 0.29) is 12.5 Å². The van der Waals surface area contributed by atoms with Gasteiger partial charge in [-0.25, -0.2) is 9.67 Å². The first-order chi connectivity index (χ1) is 14.9. The van der Waals surface area contributed by atoms with Crippen molar-refractivity contribution in [3.05, 3.63) is 59.7 Å². The number of benzene rings is 1. The van der Waals surface area contributed by atoms with E-state index in [1.54, 1.807) is 36.1 Å².